The van der Waals surface area contributed by atoms with Crippen LogP contribution in [0.3, 0.4) is 0 Å². The van der Waals surface area contributed by atoms with E-state index >= 15 is 0 Å². The van der Waals surface area contributed by atoms with Gasteiger partial charge < -0.3 is 14.5 Å². The molecule has 5 heteroatoms. The molecule has 0 spiro atoms. The maximum Gasteiger partial charge on any atom is 0.246 e. The maximum atomic E-state index is 12.6. The molecular weight excluding hydrogens is 256 g/mol. The minimum Gasteiger partial charge on any atom is -0.377 e. The van der Waals surface area contributed by atoms with Crippen molar-refractivity contribution in [2.24, 2.45) is 0 Å². The largest absolute Gasteiger partial charge is 0.377 e. The van der Waals surface area contributed by atoms with Gasteiger partial charge in [0.1, 0.15) is 6.54 Å². The first-order valence-corrected chi connectivity index (χ1v) is 7.34. The molecule has 114 valence electrons. The van der Waals surface area contributed by atoms with Crippen molar-refractivity contribution < 1.29 is 14.3 Å². The quantitative estimate of drug-likeness (QED) is 0.693. The summed E-state index contributed by atoms with van der Waals surface area (Å²) in [7, 11) is 0. The zero-order chi connectivity index (χ0) is 15.2. The Balaban J connectivity index is 2.82. The molecular formula is C15H26N2O3. The first-order valence-electron chi connectivity index (χ1n) is 7.34. The van der Waals surface area contributed by atoms with Gasteiger partial charge in [-0.15, -0.1) is 0 Å². The summed E-state index contributed by atoms with van der Waals surface area (Å²) in [6, 6.07) is 0. The molecule has 0 bridgehead atoms. The number of rotatable bonds is 6. The van der Waals surface area contributed by atoms with E-state index in [-0.39, 0.29) is 23.9 Å². The molecule has 0 aromatic carbocycles. The van der Waals surface area contributed by atoms with Crippen molar-refractivity contribution in [1.29, 1.82) is 0 Å². The Labute approximate surface area is 121 Å². The number of carbonyl (C=O) groups excluding carboxylic acids is 2. The van der Waals surface area contributed by atoms with Crippen molar-refractivity contribution in [2.75, 3.05) is 32.8 Å². The Morgan fingerprint density at radius 3 is 2.50 bits per heavy atom. The van der Waals surface area contributed by atoms with Crippen molar-refractivity contribution in [2.45, 2.75) is 39.2 Å². The Kier molecular flexibility index (Phi) is 6.20. The third kappa shape index (κ3) is 3.39. The van der Waals surface area contributed by atoms with Gasteiger partial charge in [-0.1, -0.05) is 20.4 Å². The number of amides is 2. The number of hydrogen-bond acceptors (Lipinski definition) is 3. The molecule has 1 saturated heterocycles. The fraction of sp³-hybridized carbons (Fsp3) is 0.733. The molecule has 0 atom stereocenters. The first kappa shape index (κ1) is 16.7. The molecule has 0 radical (unpaired) electrons. The zero-order valence-corrected chi connectivity index (χ0v) is 12.9. The van der Waals surface area contributed by atoms with Crippen molar-refractivity contribution in [3.05, 3.63) is 12.7 Å². The summed E-state index contributed by atoms with van der Waals surface area (Å²) >= 11 is 0. The molecule has 5 nitrogen and oxygen atoms in total. The number of morpholine rings is 1. The van der Waals surface area contributed by atoms with Gasteiger partial charge in [-0.25, -0.2) is 0 Å². The van der Waals surface area contributed by atoms with Crippen LogP contribution in [0.15, 0.2) is 12.7 Å². The minimum atomic E-state index is -0.230. The zero-order valence-electron chi connectivity index (χ0n) is 12.9. The van der Waals surface area contributed by atoms with Crippen LogP contribution in [-0.2, 0) is 14.3 Å². The fourth-order valence-corrected chi connectivity index (χ4v) is 2.68. The van der Waals surface area contributed by atoms with Gasteiger partial charge >= 0.3 is 0 Å². The molecule has 1 heterocycles. The van der Waals surface area contributed by atoms with Crippen LogP contribution in [0.4, 0.5) is 0 Å². The summed E-state index contributed by atoms with van der Waals surface area (Å²) in [6.07, 6.45) is 2.97. The predicted molar refractivity (Wildman–Crippen MR) is 78.3 cm³/mol. The van der Waals surface area contributed by atoms with Crippen molar-refractivity contribution in [3.8, 4) is 0 Å². The van der Waals surface area contributed by atoms with Gasteiger partial charge in [0.2, 0.25) is 11.8 Å². The van der Waals surface area contributed by atoms with Gasteiger partial charge in [0.25, 0.3) is 0 Å². The summed E-state index contributed by atoms with van der Waals surface area (Å²) in [6.45, 7) is 11.8. The van der Waals surface area contributed by atoms with E-state index in [9.17, 15) is 9.59 Å². The monoisotopic (exact) mass is 282 g/mol. The van der Waals surface area contributed by atoms with Crippen LogP contribution in [0.1, 0.15) is 33.6 Å². The Morgan fingerprint density at radius 2 is 2.00 bits per heavy atom. The highest BCUT2D eigenvalue weighted by atomic mass is 16.5. The SMILES string of the molecule is C=CC(=O)N(CC)CC(=O)N1CCOCC1(CC)CC. The average Bonchev–Trinajstić information content (AvgIpc) is 2.51. The molecule has 1 aliphatic heterocycles. The second-order valence-corrected chi connectivity index (χ2v) is 5.09. The Morgan fingerprint density at radius 1 is 1.35 bits per heavy atom. The standard InChI is InChI=1S/C15H26N2O3/c1-5-13(18)16(8-4)11-14(19)17-9-10-20-12-15(17,6-2)7-3/h5H,1,6-12H2,2-4H3. The smallest absolute Gasteiger partial charge is 0.246 e. The summed E-state index contributed by atoms with van der Waals surface area (Å²) in [5.74, 6) is -0.207. The first-order chi connectivity index (χ1) is 9.54. The molecule has 0 unspecified atom stereocenters. The molecule has 2 amide bonds. The van der Waals surface area contributed by atoms with Crippen LogP contribution < -0.4 is 0 Å². The van der Waals surface area contributed by atoms with Crippen molar-refractivity contribution in [3.63, 3.8) is 0 Å². The lowest BCUT2D eigenvalue weighted by Gasteiger charge is -2.46. The van der Waals surface area contributed by atoms with Gasteiger partial charge in [0.15, 0.2) is 0 Å². The molecule has 0 aromatic rings. The van der Waals surface area contributed by atoms with Gasteiger partial charge in [0.05, 0.1) is 18.8 Å². The lowest BCUT2D eigenvalue weighted by atomic mass is 9.90. The highest BCUT2D eigenvalue weighted by Crippen LogP contribution is 2.27. The molecule has 1 fully saturated rings. The van der Waals surface area contributed by atoms with Crippen molar-refractivity contribution >= 4 is 11.8 Å². The normalized spacial score (nSPS) is 17.6. The van der Waals surface area contributed by atoms with Crippen LogP contribution in [0, 0.1) is 0 Å². The van der Waals surface area contributed by atoms with E-state index in [0.29, 0.717) is 26.3 Å². The lowest BCUT2D eigenvalue weighted by molar-refractivity contribution is -0.153. The van der Waals surface area contributed by atoms with Crippen LogP contribution in [-0.4, -0.2) is 60.0 Å². The maximum absolute atomic E-state index is 12.6. The van der Waals surface area contributed by atoms with E-state index in [4.69, 9.17) is 4.74 Å². The summed E-state index contributed by atoms with van der Waals surface area (Å²) in [4.78, 5) is 27.7. The average molecular weight is 282 g/mol. The van der Waals surface area contributed by atoms with Gasteiger partial charge in [-0.2, -0.15) is 0 Å². The minimum absolute atomic E-state index is 0.00551. The molecule has 20 heavy (non-hydrogen) atoms. The number of nitrogens with zero attached hydrogens (tertiary/aromatic N) is 2. The lowest BCUT2D eigenvalue weighted by Crippen LogP contribution is -2.60. The van der Waals surface area contributed by atoms with E-state index in [1.54, 1.807) is 0 Å². The van der Waals surface area contributed by atoms with E-state index in [1.807, 2.05) is 11.8 Å². The second kappa shape index (κ2) is 7.43. The Bertz CT molecular complexity index is 364. The summed E-state index contributed by atoms with van der Waals surface area (Å²) < 4.78 is 5.56. The number of likely N-dealkylation sites (N-methyl/N-ethyl adjacent to an activating group) is 1. The van der Waals surface area contributed by atoms with Crippen LogP contribution >= 0.6 is 0 Å². The number of hydrogen-bond donors (Lipinski definition) is 0. The van der Waals surface area contributed by atoms with E-state index in [1.165, 1.54) is 11.0 Å². The van der Waals surface area contributed by atoms with E-state index in [2.05, 4.69) is 20.4 Å². The highest BCUT2D eigenvalue weighted by Gasteiger charge is 2.39. The summed E-state index contributed by atoms with van der Waals surface area (Å²) in [5, 5.41) is 0. The number of ether oxygens (including phenoxy) is 1. The number of carbonyl (C=O) groups is 2. The van der Waals surface area contributed by atoms with E-state index < -0.39 is 0 Å². The molecule has 0 saturated carbocycles. The van der Waals surface area contributed by atoms with Gasteiger partial charge in [-0.3, -0.25) is 9.59 Å². The van der Waals surface area contributed by atoms with E-state index in [0.717, 1.165) is 12.8 Å². The topological polar surface area (TPSA) is 49.9 Å². The molecule has 1 rings (SSSR count). The molecule has 0 aromatic heterocycles. The summed E-state index contributed by atoms with van der Waals surface area (Å²) in [5.41, 5.74) is -0.230. The van der Waals surface area contributed by atoms with Crippen molar-refractivity contribution in [1.82, 2.24) is 9.80 Å². The molecule has 1 aliphatic rings. The third-order valence-corrected chi connectivity index (χ3v) is 4.21. The Hall–Kier alpha value is -1.36. The van der Waals surface area contributed by atoms with Gasteiger partial charge in [0, 0.05) is 13.1 Å². The molecule has 0 N–H and O–H groups in total. The molecule has 0 aliphatic carbocycles. The predicted octanol–water partition coefficient (Wildman–Crippen LogP) is 1.44. The highest BCUT2D eigenvalue weighted by molar-refractivity contribution is 5.91. The van der Waals surface area contributed by atoms with Crippen LogP contribution in [0.2, 0.25) is 0 Å². The van der Waals surface area contributed by atoms with Gasteiger partial charge in [-0.05, 0) is 25.8 Å². The second-order valence-electron chi connectivity index (χ2n) is 5.09. The van der Waals surface area contributed by atoms with Crippen LogP contribution in [0.25, 0.3) is 0 Å². The third-order valence-electron chi connectivity index (χ3n) is 4.21. The van der Waals surface area contributed by atoms with Crippen LogP contribution in [0.5, 0.6) is 0 Å². The fourth-order valence-electron chi connectivity index (χ4n) is 2.68.